The molecule has 2 atom stereocenters. The Morgan fingerprint density at radius 3 is 2.85 bits per heavy atom. The Morgan fingerprint density at radius 2 is 2.05 bits per heavy atom. The lowest BCUT2D eigenvalue weighted by Gasteiger charge is -2.29. The maximum Gasteiger partial charge on any atom is 0.00698 e. The van der Waals surface area contributed by atoms with Gasteiger partial charge in [-0.05, 0) is 56.2 Å². The second-order valence-corrected chi connectivity index (χ2v) is 6.36. The molecule has 1 N–H and O–H groups in total. The number of nitrogens with one attached hydrogen (secondary N) is 1. The van der Waals surface area contributed by atoms with Gasteiger partial charge in [0.1, 0.15) is 0 Å². The van der Waals surface area contributed by atoms with Gasteiger partial charge in [-0.3, -0.25) is 0 Å². The molecule has 1 aromatic carbocycles. The Labute approximate surface area is 125 Å². The Kier molecular flexibility index (Phi) is 6.59. The van der Waals surface area contributed by atoms with Gasteiger partial charge in [-0.25, -0.2) is 0 Å². The van der Waals surface area contributed by atoms with Gasteiger partial charge in [0.2, 0.25) is 0 Å². The lowest BCUT2D eigenvalue weighted by atomic mass is 9.79. The summed E-state index contributed by atoms with van der Waals surface area (Å²) in [6.45, 7) is 2.29. The van der Waals surface area contributed by atoms with Crippen molar-refractivity contribution in [2.45, 2.75) is 76.7 Å². The van der Waals surface area contributed by atoms with Crippen LogP contribution in [-0.4, -0.2) is 13.1 Å². The van der Waals surface area contributed by atoms with Crippen molar-refractivity contribution in [1.29, 1.82) is 0 Å². The van der Waals surface area contributed by atoms with Crippen LogP contribution in [0.25, 0.3) is 0 Å². The quantitative estimate of drug-likeness (QED) is 0.653. The largest absolute Gasteiger partial charge is 0.317 e. The van der Waals surface area contributed by atoms with Crippen LogP contribution in [0.3, 0.4) is 0 Å². The molecule has 0 spiro atoms. The molecule has 20 heavy (non-hydrogen) atoms. The number of unbranched alkanes of at least 4 members (excludes halogenated alkanes) is 3. The van der Waals surface area contributed by atoms with Crippen molar-refractivity contribution < 1.29 is 0 Å². The topological polar surface area (TPSA) is 12.0 Å². The summed E-state index contributed by atoms with van der Waals surface area (Å²) in [5, 5.41) is 3.56. The molecule has 0 heterocycles. The molecule has 0 radical (unpaired) electrons. The zero-order valence-electron chi connectivity index (χ0n) is 13.3. The molecule has 0 bridgehead atoms. The summed E-state index contributed by atoms with van der Waals surface area (Å²) in [5.41, 5.74) is 3.23. The third-order valence-electron chi connectivity index (χ3n) is 4.88. The fourth-order valence-electron chi connectivity index (χ4n) is 3.64. The average molecular weight is 273 g/mol. The van der Waals surface area contributed by atoms with E-state index in [1.807, 2.05) is 0 Å². The molecule has 0 aliphatic heterocycles. The molecule has 1 aliphatic carbocycles. The van der Waals surface area contributed by atoms with E-state index in [0.717, 1.165) is 5.92 Å². The van der Waals surface area contributed by atoms with Gasteiger partial charge < -0.3 is 5.32 Å². The summed E-state index contributed by atoms with van der Waals surface area (Å²) in [4.78, 5) is 0. The monoisotopic (exact) mass is 273 g/mol. The molecule has 1 heteroatoms. The number of hydrogen-bond acceptors (Lipinski definition) is 1. The second-order valence-electron chi connectivity index (χ2n) is 6.36. The van der Waals surface area contributed by atoms with Gasteiger partial charge in [-0.15, -0.1) is 0 Å². The first kappa shape index (κ1) is 15.6. The maximum absolute atomic E-state index is 3.56. The van der Waals surface area contributed by atoms with E-state index in [1.54, 1.807) is 11.1 Å². The molecule has 2 unspecified atom stereocenters. The van der Waals surface area contributed by atoms with Crippen LogP contribution in [0.15, 0.2) is 24.3 Å². The highest BCUT2D eigenvalue weighted by Crippen LogP contribution is 2.35. The van der Waals surface area contributed by atoms with E-state index in [0.29, 0.717) is 6.04 Å². The van der Waals surface area contributed by atoms with Crippen molar-refractivity contribution >= 4 is 0 Å². The minimum absolute atomic E-state index is 0.697. The molecule has 0 saturated heterocycles. The number of fused-ring (bicyclic) bond motifs is 1. The van der Waals surface area contributed by atoms with Crippen molar-refractivity contribution in [3.63, 3.8) is 0 Å². The molecule has 1 aliphatic rings. The Morgan fingerprint density at radius 1 is 1.20 bits per heavy atom. The van der Waals surface area contributed by atoms with Crippen molar-refractivity contribution in [2.24, 2.45) is 0 Å². The minimum atomic E-state index is 0.697. The SMILES string of the molecule is CCCCCCC(CC1CCCc2ccccc21)NC. The van der Waals surface area contributed by atoms with Crippen molar-refractivity contribution in [2.75, 3.05) is 7.05 Å². The van der Waals surface area contributed by atoms with Crippen LogP contribution >= 0.6 is 0 Å². The van der Waals surface area contributed by atoms with E-state index >= 15 is 0 Å². The molecule has 1 nitrogen and oxygen atoms in total. The van der Waals surface area contributed by atoms with E-state index in [-0.39, 0.29) is 0 Å². The Hall–Kier alpha value is -0.820. The van der Waals surface area contributed by atoms with Crippen LogP contribution in [-0.2, 0) is 6.42 Å². The minimum Gasteiger partial charge on any atom is -0.317 e. The predicted molar refractivity (Wildman–Crippen MR) is 88.3 cm³/mol. The van der Waals surface area contributed by atoms with Crippen LogP contribution in [0.1, 0.15) is 75.3 Å². The summed E-state index contributed by atoms with van der Waals surface area (Å²) in [5.74, 6) is 0.781. The predicted octanol–water partition coefficient (Wildman–Crippen LogP) is 5.06. The van der Waals surface area contributed by atoms with Crippen LogP contribution in [0.4, 0.5) is 0 Å². The van der Waals surface area contributed by atoms with Gasteiger partial charge in [-0.2, -0.15) is 0 Å². The van der Waals surface area contributed by atoms with Gasteiger partial charge in [0.25, 0.3) is 0 Å². The molecular formula is C19H31N. The standard InChI is InChI=1S/C19H31N/c1-3-4-5-6-13-18(20-2)15-17-12-9-11-16-10-7-8-14-19(16)17/h7-8,10,14,17-18,20H,3-6,9,11-13,15H2,1-2H3. The highest BCUT2D eigenvalue weighted by molar-refractivity contribution is 5.32. The molecule has 0 aromatic heterocycles. The normalized spacial score (nSPS) is 19.6. The lowest BCUT2D eigenvalue weighted by Crippen LogP contribution is -2.28. The van der Waals surface area contributed by atoms with Crippen LogP contribution in [0.5, 0.6) is 0 Å². The number of aryl methyl sites for hydroxylation is 1. The molecule has 112 valence electrons. The fourth-order valence-corrected chi connectivity index (χ4v) is 3.64. The zero-order chi connectivity index (χ0) is 14.2. The number of rotatable bonds is 8. The van der Waals surface area contributed by atoms with Gasteiger partial charge >= 0.3 is 0 Å². The Bertz CT molecular complexity index is 385. The lowest BCUT2D eigenvalue weighted by molar-refractivity contribution is 0.400. The third kappa shape index (κ3) is 4.34. The molecular weight excluding hydrogens is 242 g/mol. The van der Waals surface area contributed by atoms with Crippen LogP contribution < -0.4 is 5.32 Å². The zero-order valence-corrected chi connectivity index (χ0v) is 13.3. The first-order valence-corrected chi connectivity index (χ1v) is 8.60. The second kappa shape index (κ2) is 8.46. The molecule has 0 saturated carbocycles. The first-order valence-electron chi connectivity index (χ1n) is 8.60. The van der Waals surface area contributed by atoms with Gasteiger partial charge in [0.15, 0.2) is 0 Å². The average Bonchev–Trinajstić information content (AvgIpc) is 2.50. The van der Waals surface area contributed by atoms with E-state index in [2.05, 4.69) is 43.6 Å². The summed E-state index contributed by atoms with van der Waals surface area (Å²) in [6, 6.07) is 9.80. The summed E-state index contributed by atoms with van der Waals surface area (Å²) in [6.07, 6.45) is 12.2. The first-order chi connectivity index (χ1) is 9.85. The van der Waals surface area contributed by atoms with Crippen molar-refractivity contribution in [3.05, 3.63) is 35.4 Å². The van der Waals surface area contributed by atoms with E-state index in [1.165, 1.54) is 57.8 Å². The van der Waals surface area contributed by atoms with E-state index < -0.39 is 0 Å². The highest BCUT2D eigenvalue weighted by atomic mass is 14.9. The van der Waals surface area contributed by atoms with Crippen LogP contribution in [0.2, 0.25) is 0 Å². The number of hydrogen-bond donors (Lipinski definition) is 1. The summed E-state index contributed by atoms with van der Waals surface area (Å²) >= 11 is 0. The molecule has 0 amide bonds. The van der Waals surface area contributed by atoms with Gasteiger partial charge in [-0.1, -0.05) is 56.9 Å². The molecule has 2 rings (SSSR count). The Balaban J connectivity index is 1.88. The summed E-state index contributed by atoms with van der Waals surface area (Å²) < 4.78 is 0. The molecule has 0 fully saturated rings. The van der Waals surface area contributed by atoms with E-state index in [4.69, 9.17) is 0 Å². The van der Waals surface area contributed by atoms with E-state index in [9.17, 15) is 0 Å². The van der Waals surface area contributed by atoms with Gasteiger partial charge in [0.05, 0.1) is 0 Å². The van der Waals surface area contributed by atoms with Crippen molar-refractivity contribution in [1.82, 2.24) is 5.32 Å². The number of benzene rings is 1. The van der Waals surface area contributed by atoms with Crippen molar-refractivity contribution in [3.8, 4) is 0 Å². The highest BCUT2D eigenvalue weighted by Gasteiger charge is 2.22. The van der Waals surface area contributed by atoms with Gasteiger partial charge in [0, 0.05) is 6.04 Å². The smallest absolute Gasteiger partial charge is 0.00698 e. The molecule has 1 aromatic rings. The fraction of sp³-hybridized carbons (Fsp3) is 0.684. The van der Waals surface area contributed by atoms with Crippen LogP contribution in [0, 0.1) is 0 Å². The summed E-state index contributed by atoms with van der Waals surface area (Å²) in [7, 11) is 2.14. The maximum atomic E-state index is 3.56. The third-order valence-corrected chi connectivity index (χ3v) is 4.88.